The van der Waals surface area contributed by atoms with Crippen LogP contribution < -0.4 is 10.6 Å². The van der Waals surface area contributed by atoms with Crippen molar-refractivity contribution in [2.45, 2.75) is 64.1 Å². The van der Waals surface area contributed by atoms with Crippen LogP contribution in [0.3, 0.4) is 0 Å². The van der Waals surface area contributed by atoms with E-state index in [9.17, 15) is 24.0 Å². The normalized spacial score (nSPS) is 13.2. The Bertz CT molecular complexity index is 554. The lowest BCUT2D eigenvalue weighted by Crippen LogP contribution is -2.45. The number of carboxylic acid groups (broad SMARTS) is 3. The average Bonchev–Trinajstić information content (AvgIpc) is 2.44. The van der Waals surface area contributed by atoms with Crippen LogP contribution in [-0.2, 0) is 23.9 Å². The lowest BCUT2D eigenvalue weighted by molar-refractivity contribution is -0.144. The fraction of sp³-hybridized carbons (Fsp3) is 0.667. The van der Waals surface area contributed by atoms with Gasteiger partial charge in [0.05, 0.1) is 0 Å². The molecule has 5 N–H and O–H groups in total. The largest absolute Gasteiger partial charge is 0.481 e. The molecule has 0 aromatic rings. The zero-order chi connectivity index (χ0) is 20.5. The Morgan fingerprint density at radius 1 is 0.846 bits per heavy atom. The molecular weight excluding hydrogens is 352 g/mol. The zero-order valence-electron chi connectivity index (χ0n) is 14.8. The van der Waals surface area contributed by atoms with Crippen molar-refractivity contribution in [3.8, 4) is 0 Å². The van der Waals surface area contributed by atoms with Gasteiger partial charge >= 0.3 is 24.0 Å². The molecular formula is C15H24N2O9. The zero-order valence-corrected chi connectivity index (χ0v) is 14.8. The van der Waals surface area contributed by atoms with Crippen LogP contribution in [0.15, 0.2) is 0 Å². The van der Waals surface area contributed by atoms with E-state index >= 15 is 0 Å². The number of hydrogen-bond acceptors (Lipinski definition) is 6. The second-order valence-corrected chi connectivity index (χ2v) is 6.47. The van der Waals surface area contributed by atoms with Gasteiger partial charge in [-0.25, -0.2) is 14.4 Å². The highest BCUT2D eigenvalue weighted by molar-refractivity contribution is 5.85. The lowest BCUT2D eigenvalue weighted by atomic mass is 10.1. The predicted molar refractivity (Wildman–Crippen MR) is 86.5 cm³/mol. The van der Waals surface area contributed by atoms with Crippen molar-refractivity contribution in [3.05, 3.63) is 0 Å². The minimum Gasteiger partial charge on any atom is -0.481 e. The van der Waals surface area contributed by atoms with Gasteiger partial charge < -0.3 is 30.7 Å². The van der Waals surface area contributed by atoms with E-state index < -0.39 is 54.0 Å². The third-order valence-electron chi connectivity index (χ3n) is 2.93. The van der Waals surface area contributed by atoms with Crippen LogP contribution in [0.1, 0.15) is 46.5 Å². The van der Waals surface area contributed by atoms with Crippen LogP contribution in [0.5, 0.6) is 0 Å². The van der Waals surface area contributed by atoms with E-state index in [1.54, 1.807) is 20.8 Å². The van der Waals surface area contributed by atoms with Crippen LogP contribution in [-0.4, -0.2) is 62.9 Å². The molecule has 0 saturated heterocycles. The first-order valence-corrected chi connectivity index (χ1v) is 7.78. The molecule has 2 unspecified atom stereocenters. The van der Waals surface area contributed by atoms with Crippen LogP contribution in [0.2, 0.25) is 0 Å². The van der Waals surface area contributed by atoms with Crippen molar-refractivity contribution in [2.75, 3.05) is 0 Å². The van der Waals surface area contributed by atoms with E-state index in [1.807, 2.05) is 0 Å². The quantitative estimate of drug-likeness (QED) is 0.355. The Kier molecular flexibility index (Phi) is 9.09. The molecule has 0 aliphatic carbocycles. The number of carboxylic acids is 3. The average molecular weight is 376 g/mol. The van der Waals surface area contributed by atoms with E-state index in [0.717, 1.165) is 0 Å². The van der Waals surface area contributed by atoms with Gasteiger partial charge in [0.15, 0.2) is 0 Å². The standard InChI is InChI=1S/C15H24N2O9/c1-15(2,3)26-14(25)17-9(13(23)24)4-6-10(18)16-8(12(21)22)5-7-11(19)20/h8-9H,4-7H2,1-3H3,(H,16,18)(H,17,25)(H,19,20)(H,21,22)(H,23,24). The molecule has 0 rings (SSSR count). The molecule has 0 aliphatic rings. The molecule has 148 valence electrons. The molecule has 2 amide bonds. The van der Waals surface area contributed by atoms with Gasteiger partial charge in [0.2, 0.25) is 5.91 Å². The summed E-state index contributed by atoms with van der Waals surface area (Å²) >= 11 is 0. The first-order valence-electron chi connectivity index (χ1n) is 7.78. The molecule has 0 saturated carbocycles. The van der Waals surface area contributed by atoms with Crippen LogP contribution in [0.25, 0.3) is 0 Å². The van der Waals surface area contributed by atoms with Crippen molar-refractivity contribution >= 4 is 29.9 Å². The third kappa shape index (κ3) is 10.8. The van der Waals surface area contributed by atoms with Crippen molar-refractivity contribution in [2.24, 2.45) is 0 Å². The van der Waals surface area contributed by atoms with E-state index in [2.05, 4.69) is 10.6 Å². The molecule has 0 bridgehead atoms. The van der Waals surface area contributed by atoms with E-state index in [1.165, 1.54) is 0 Å². The molecule has 26 heavy (non-hydrogen) atoms. The Morgan fingerprint density at radius 2 is 1.31 bits per heavy atom. The monoisotopic (exact) mass is 376 g/mol. The second-order valence-electron chi connectivity index (χ2n) is 6.47. The smallest absolute Gasteiger partial charge is 0.408 e. The Hall–Kier alpha value is -2.85. The van der Waals surface area contributed by atoms with Gasteiger partial charge in [-0.05, 0) is 33.6 Å². The number of nitrogens with one attached hydrogen (secondary N) is 2. The summed E-state index contributed by atoms with van der Waals surface area (Å²) in [5, 5.41) is 30.8. The highest BCUT2D eigenvalue weighted by Gasteiger charge is 2.26. The summed E-state index contributed by atoms with van der Waals surface area (Å²) in [6.45, 7) is 4.79. The van der Waals surface area contributed by atoms with Gasteiger partial charge in [-0.2, -0.15) is 0 Å². The molecule has 11 heteroatoms. The summed E-state index contributed by atoms with van der Waals surface area (Å²) < 4.78 is 4.93. The molecule has 0 aliphatic heterocycles. The van der Waals surface area contributed by atoms with Crippen molar-refractivity contribution < 1.29 is 44.0 Å². The second kappa shape index (κ2) is 10.2. The number of carbonyl (C=O) groups is 5. The van der Waals surface area contributed by atoms with Crippen molar-refractivity contribution in [1.82, 2.24) is 10.6 Å². The van der Waals surface area contributed by atoms with Gasteiger partial charge in [-0.3, -0.25) is 9.59 Å². The number of aliphatic carboxylic acids is 3. The molecule has 0 fully saturated rings. The number of rotatable bonds is 10. The minimum atomic E-state index is -1.40. The molecule has 0 heterocycles. The molecule has 2 atom stereocenters. The number of hydrogen-bond donors (Lipinski definition) is 5. The van der Waals surface area contributed by atoms with Crippen LogP contribution >= 0.6 is 0 Å². The first-order chi connectivity index (χ1) is 11.8. The first kappa shape index (κ1) is 23.1. The van der Waals surface area contributed by atoms with Gasteiger partial charge in [0.1, 0.15) is 17.7 Å². The maximum atomic E-state index is 11.8. The Labute approximate surface area is 149 Å². The van der Waals surface area contributed by atoms with Crippen molar-refractivity contribution in [1.29, 1.82) is 0 Å². The van der Waals surface area contributed by atoms with Crippen LogP contribution in [0, 0.1) is 0 Å². The summed E-state index contributed by atoms with van der Waals surface area (Å²) in [5.74, 6) is -4.77. The molecule has 0 aromatic heterocycles. The number of alkyl carbamates (subject to hydrolysis) is 1. The third-order valence-corrected chi connectivity index (χ3v) is 2.93. The van der Waals surface area contributed by atoms with Crippen molar-refractivity contribution in [3.63, 3.8) is 0 Å². The summed E-state index contributed by atoms with van der Waals surface area (Å²) in [4.78, 5) is 56.0. The number of carbonyl (C=O) groups excluding carboxylic acids is 2. The Balaban J connectivity index is 4.61. The highest BCUT2D eigenvalue weighted by atomic mass is 16.6. The summed E-state index contributed by atoms with van der Waals surface area (Å²) in [7, 11) is 0. The maximum Gasteiger partial charge on any atom is 0.408 e. The SMILES string of the molecule is CC(C)(C)OC(=O)NC(CCC(=O)NC(CCC(=O)O)C(=O)O)C(=O)O. The fourth-order valence-electron chi connectivity index (χ4n) is 1.77. The van der Waals surface area contributed by atoms with Gasteiger partial charge in [0.25, 0.3) is 0 Å². The fourth-order valence-corrected chi connectivity index (χ4v) is 1.77. The summed E-state index contributed by atoms with van der Waals surface area (Å²) in [6, 6.07) is -2.81. The maximum absolute atomic E-state index is 11.8. The molecule has 0 radical (unpaired) electrons. The number of amides is 2. The van der Waals surface area contributed by atoms with Crippen LogP contribution in [0.4, 0.5) is 4.79 Å². The lowest BCUT2D eigenvalue weighted by Gasteiger charge is -2.22. The number of ether oxygens (including phenoxy) is 1. The van der Waals surface area contributed by atoms with Gasteiger partial charge in [-0.1, -0.05) is 0 Å². The summed E-state index contributed by atoms with van der Waals surface area (Å²) in [5.41, 5.74) is -0.830. The van der Waals surface area contributed by atoms with E-state index in [-0.39, 0.29) is 19.3 Å². The topological polar surface area (TPSA) is 179 Å². The predicted octanol–water partition coefficient (Wildman–Crippen LogP) is 0.179. The Morgan fingerprint density at radius 3 is 1.73 bits per heavy atom. The minimum absolute atomic E-state index is 0.300. The van der Waals surface area contributed by atoms with Gasteiger partial charge in [-0.15, -0.1) is 0 Å². The summed E-state index contributed by atoms with van der Waals surface area (Å²) in [6.07, 6.45) is -2.41. The van der Waals surface area contributed by atoms with E-state index in [0.29, 0.717) is 0 Å². The highest BCUT2D eigenvalue weighted by Crippen LogP contribution is 2.08. The van der Waals surface area contributed by atoms with E-state index in [4.69, 9.17) is 20.1 Å². The van der Waals surface area contributed by atoms with Gasteiger partial charge in [0, 0.05) is 12.8 Å². The molecule has 0 spiro atoms. The molecule has 0 aromatic carbocycles. The molecule has 11 nitrogen and oxygen atoms in total.